The van der Waals surface area contributed by atoms with Crippen molar-refractivity contribution in [3.8, 4) is 0 Å². The molecule has 2 rings (SSSR count). The number of benzene rings is 1. The Morgan fingerprint density at radius 1 is 1.38 bits per heavy atom. The van der Waals surface area contributed by atoms with Crippen LogP contribution >= 0.6 is 0 Å². The van der Waals surface area contributed by atoms with Crippen LogP contribution in [0.5, 0.6) is 0 Å². The molecule has 0 spiro atoms. The van der Waals surface area contributed by atoms with E-state index in [9.17, 15) is 9.18 Å². The summed E-state index contributed by atoms with van der Waals surface area (Å²) in [7, 11) is 0. The average Bonchev–Trinajstić information content (AvgIpc) is 2.92. The van der Waals surface area contributed by atoms with Gasteiger partial charge in [-0.15, -0.1) is 10.2 Å². The van der Waals surface area contributed by atoms with E-state index < -0.39 is 0 Å². The van der Waals surface area contributed by atoms with Gasteiger partial charge in [-0.3, -0.25) is 4.79 Å². The zero-order valence-electron chi connectivity index (χ0n) is 12.0. The normalized spacial score (nSPS) is 12.1. The summed E-state index contributed by atoms with van der Waals surface area (Å²) in [4.78, 5) is 11.9. The average molecular weight is 292 g/mol. The molecule has 1 unspecified atom stereocenters. The molecule has 1 heterocycles. The maximum Gasteiger partial charge on any atom is 0.309 e. The third-order valence-electron chi connectivity index (χ3n) is 2.98. The lowest BCUT2D eigenvalue weighted by Gasteiger charge is -2.10. The summed E-state index contributed by atoms with van der Waals surface area (Å²) in [6, 6.07) is 6.18. The summed E-state index contributed by atoms with van der Waals surface area (Å²) in [5.74, 6) is -0.283. The third kappa shape index (κ3) is 4.37. The number of aromatic nitrogens is 2. The van der Waals surface area contributed by atoms with E-state index in [1.54, 1.807) is 19.1 Å². The van der Waals surface area contributed by atoms with Crippen LogP contribution in [0.2, 0.25) is 0 Å². The molecule has 5 nitrogen and oxygen atoms in total. The van der Waals surface area contributed by atoms with Crippen LogP contribution in [0.3, 0.4) is 0 Å². The van der Waals surface area contributed by atoms with Crippen LogP contribution in [0.4, 0.5) is 4.39 Å². The van der Waals surface area contributed by atoms with Gasteiger partial charge in [0.2, 0.25) is 5.89 Å². The van der Waals surface area contributed by atoms with E-state index in [1.807, 2.05) is 6.92 Å². The minimum absolute atomic E-state index is 0.0423. The van der Waals surface area contributed by atoms with E-state index in [4.69, 9.17) is 9.15 Å². The number of hydrogen-bond donors (Lipinski definition) is 0. The van der Waals surface area contributed by atoms with Crippen LogP contribution in [-0.2, 0) is 29.0 Å². The summed E-state index contributed by atoms with van der Waals surface area (Å²) in [5, 5.41) is 7.56. The number of carbonyl (C=O) groups is 1. The molecule has 0 saturated carbocycles. The largest absolute Gasteiger partial charge is 0.455 e. The lowest BCUT2D eigenvalue weighted by molar-refractivity contribution is -0.150. The van der Waals surface area contributed by atoms with Crippen molar-refractivity contribution in [3.63, 3.8) is 0 Å². The molecule has 112 valence electrons. The first-order valence-electron chi connectivity index (χ1n) is 6.80. The number of hydrogen-bond acceptors (Lipinski definition) is 5. The smallest absolute Gasteiger partial charge is 0.309 e. The highest BCUT2D eigenvalue weighted by Gasteiger charge is 2.17. The summed E-state index contributed by atoms with van der Waals surface area (Å²) in [5.41, 5.74) is 0.755. The Hall–Kier alpha value is -2.24. The van der Waals surface area contributed by atoms with E-state index in [2.05, 4.69) is 10.2 Å². The van der Waals surface area contributed by atoms with Gasteiger partial charge >= 0.3 is 5.97 Å². The number of aryl methyl sites for hydroxylation is 1. The topological polar surface area (TPSA) is 65.2 Å². The highest BCUT2D eigenvalue weighted by atomic mass is 19.1. The summed E-state index contributed by atoms with van der Waals surface area (Å²) in [6.45, 7) is 3.59. The molecule has 21 heavy (non-hydrogen) atoms. The fourth-order valence-electron chi connectivity index (χ4n) is 1.87. The molecule has 6 heteroatoms. The van der Waals surface area contributed by atoms with E-state index >= 15 is 0 Å². The van der Waals surface area contributed by atoms with Crippen molar-refractivity contribution in [1.29, 1.82) is 0 Å². The van der Waals surface area contributed by atoms with Gasteiger partial charge in [0.1, 0.15) is 5.82 Å². The Morgan fingerprint density at radius 3 is 2.81 bits per heavy atom. The number of halogens is 1. The zero-order chi connectivity index (χ0) is 15.2. The van der Waals surface area contributed by atoms with Gasteiger partial charge in [0, 0.05) is 6.42 Å². The highest BCUT2D eigenvalue weighted by molar-refractivity contribution is 5.72. The Labute approximate surface area is 122 Å². The first-order chi connectivity index (χ1) is 10.1. The van der Waals surface area contributed by atoms with Gasteiger partial charge in [0.25, 0.3) is 5.89 Å². The number of carbonyl (C=O) groups excluding carboxylic acids is 1. The van der Waals surface area contributed by atoms with Crippen LogP contribution in [-0.4, -0.2) is 16.2 Å². The van der Waals surface area contributed by atoms with Gasteiger partial charge in [-0.2, -0.15) is 0 Å². The summed E-state index contributed by atoms with van der Waals surface area (Å²) < 4.78 is 23.4. The van der Waals surface area contributed by atoms with E-state index in [0.717, 1.165) is 5.56 Å². The lowest BCUT2D eigenvalue weighted by atomic mass is 10.0. The van der Waals surface area contributed by atoms with Crippen LogP contribution in [0.15, 0.2) is 28.7 Å². The molecule has 0 N–H and O–H groups in total. The van der Waals surface area contributed by atoms with Crippen LogP contribution in [0.1, 0.15) is 31.2 Å². The Morgan fingerprint density at radius 2 is 2.14 bits per heavy atom. The van der Waals surface area contributed by atoms with Crippen molar-refractivity contribution < 1.29 is 18.3 Å². The quantitative estimate of drug-likeness (QED) is 0.766. The van der Waals surface area contributed by atoms with Gasteiger partial charge in [0.15, 0.2) is 6.61 Å². The van der Waals surface area contributed by atoms with Crippen molar-refractivity contribution in [2.75, 3.05) is 0 Å². The standard InChI is InChI=1S/C15H17FN2O3/c1-3-13-17-18-14(21-13)9-20-15(19)10(2)7-11-5-4-6-12(16)8-11/h4-6,8,10H,3,7,9H2,1-2H3. The highest BCUT2D eigenvalue weighted by Crippen LogP contribution is 2.12. The fraction of sp³-hybridized carbons (Fsp3) is 0.400. The minimum Gasteiger partial charge on any atom is -0.455 e. The second-order valence-electron chi connectivity index (χ2n) is 4.79. The SMILES string of the molecule is CCc1nnc(COC(=O)C(C)Cc2cccc(F)c2)o1. The first kappa shape index (κ1) is 15.2. The van der Waals surface area contributed by atoms with Gasteiger partial charge in [-0.1, -0.05) is 26.0 Å². The Kier molecular flexibility index (Phi) is 5.03. The van der Waals surface area contributed by atoms with E-state index in [0.29, 0.717) is 18.7 Å². The zero-order valence-corrected chi connectivity index (χ0v) is 12.0. The second kappa shape index (κ2) is 6.97. The number of nitrogens with zero attached hydrogens (tertiary/aromatic N) is 2. The van der Waals surface area contributed by atoms with Gasteiger partial charge < -0.3 is 9.15 Å². The van der Waals surface area contributed by atoms with Gasteiger partial charge in [-0.25, -0.2) is 4.39 Å². The van der Waals surface area contributed by atoms with Crippen molar-refractivity contribution in [1.82, 2.24) is 10.2 Å². The molecule has 0 aliphatic rings. The molecule has 0 aliphatic heterocycles. The maximum atomic E-state index is 13.1. The molecule has 0 fully saturated rings. The molecule has 2 aromatic rings. The predicted octanol–water partition coefficient (Wildman–Crippen LogP) is 2.69. The Bertz CT molecular complexity index is 612. The van der Waals surface area contributed by atoms with Crippen molar-refractivity contribution in [3.05, 3.63) is 47.4 Å². The van der Waals surface area contributed by atoms with Crippen LogP contribution < -0.4 is 0 Å². The molecule has 0 radical (unpaired) electrons. The van der Waals surface area contributed by atoms with Crippen molar-refractivity contribution in [2.45, 2.75) is 33.3 Å². The fourth-order valence-corrected chi connectivity index (χ4v) is 1.87. The molecule has 1 aromatic carbocycles. The number of ether oxygens (including phenoxy) is 1. The molecular formula is C15H17FN2O3. The number of rotatable bonds is 6. The third-order valence-corrected chi connectivity index (χ3v) is 2.98. The van der Waals surface area contributed by atoms with Crippen molar-refractivity contribution in [2.24, 2.45) is 5.92 Å². The van der Waals surface area contributed by atoms with Crippen LogP contribution in [0.25, 0.3) is 0 Å². The molecular weight excluding hydrogens is 275 g/mol. The molecule has 1 atom stereocenters. The number of esters is 1. The second-order valence-corrected chi connectivity index (χ2v) is 4.79. The van der Waals surface area contributed by atoms with E-state index in [1.165, 1.54) is 12.1 Å². The van der Waals surface area contributed by atoms with Gasteiger partial charge in [0.05, 0.1) is 5.92 Å². The summed E-state index contributed by atoms with van der Waals surface area (Å²) >= 11 is 0. The minimum atomic E-state index is -0.379. The van der Waals surface area contributed by atoms with E-state index in [-0.39, 0.29) is 30.2 Å². The molecule has 0 amide bonds. The molecule has 0 aliphatic carbocycles. The lowest BCUT2D eigenvalue weighted by Crippen LogP contribution is -2.17. The monoisotopic (exact) mass is 292 g/mol. The van der Waals surface area contributed by atoms with Crippen molar-refractivity contribution >= 4 is 5.97 Å². The Balaban J connectivity index is 1.85. The molecule has 0 saturated heterocycles. The molecule has 1 aromatic heterocycles. The summed E-state index contributed by atoms with van der Waals surface area (Å²) in [6.07, 6.45) is 1.05. The first-order valence-corrected chi connectivity index (χ1v) is 6.80. The van der Waals surface area contributed by atoms with Gasteiger partial charge in [-0.05, 0) is 24.1 Å². The maximum absolute atomic E-state index is 13.1. The predicted molar refractivity (Wildman–Crippen MR) is 72.7 cm³/mol. The van der Waals surface area contributed by atoms with Crippen LogP contribution in [0, 0.1) is 11.7 Å². The molecule has 0 bridgehead atoms.